The molecule has 3 N–H and O–H groups in total. The SMILES string of the molecule is Cl.Cl.O=S(=O)(CCNCC1(O)CCCNC1)c1ccc(F)cc1. The number of piperidine rings is 1. The van der Waals surface area contributed by atoms with Crippen LogP contribution in [-0.2, 0) is 9.84 Å². The van der Waals surface area contributed by atoms with Crippen LogP contribution in [0.2, 0.25) is 0 Å². The first-order valence-corrected chi connectivity index (χ1v) is 8.69. The Morgan fingerprint density at radius 2 is 1.91 bits per heavy atom. The standard InChI is InChI=1S/C14H21FN2O3S.2ClH/c15-12-2-4-13(5-3-12)21(19,20)9-8-17-11-14(18)6-1-7-16-10-14;;/h2-5,16-18H,1,6-11H2;2*1H. The van der Waals surface area contributed by atoms with Crippen LogP contribution in [0, 0.1) is 5.82 Å². The molecule has 1 aliphatic rings. The number of hydrogen-bond donors (Lipinski definition) is 3. The van der Waals surface area contributed by atoms with E-state index in [4.69, 9.17) is 0 Å². The number of halogens is 3. The smallest absolute Gasteiger partial charge is 0.179 e. The maximum absolute atomic E-state index is 12.8. The zero-order chi connectivity index (χ0) is 15.3. The average Bonchev–Trinajstić information content (AvgIpc) is 2.45. The monoisotopic (exact) mass is 388 g/mol. The minimum atomic E-state index is -3.43. The molecule has 0 spiro atoms. The number of sulfone groups is 1. The lowest BCUT2D eigenvalue weighted by Gasteiger charge is -2.32. The second kappa shape index (κ2) is 9.76. The van der Waals surface area contributed by atoms with E-state index in [9.17, 15) is 17.9 Å². The fraction of sp³-hybridized carbons (Fsp3) is 0.571. The van der Waals surface area contributed by atoms with Crippen molar-refractivity contribution < 1.29 is 17.9 Å². The van der Waals surface area contributed by atoms with Crippen LogP contribution in [0.5, 0.6) is 0 Å². The summed E-state index contributed by atoms with van der Waals surface area (Å²) in [6.07, 6.45) is 1.61. The molecule has 134 valence electrons. The van der Waals surface area contributed by atoms with Crippen LogP contribution in [0.25, 0.3) is 0 Å². The van der Waals surface area contributed by atoms with E-state index in [0.717, 1.165) is 25.1 Å². The van der Waals surface area contributed by atoms with E-state index in [0.29, 0.717) is 19.5 Å². The largest absolute Gasteiger partial charge is 0.387 e. The van der Waals surface area contributed by atoms with E-state index in [2.05, 4.69) is 10.6 Å². The molecule has 1 aromatic rings. The van der Waals surface area contributed by atoms with Gasteiger partial charge in [-0.15, -0.1) is 24.8 Å². The summed E-state index contributed by atoms with van der Waals surface area (Å²) in [4.78, 5) is 0.115. The van der Waals surface area contributed by atoms with Crippen molar-refractivity contribution in [2.75, 3.05) is 31.9 Å². The summed E-state index contributed by atoms with van der Waals surface area (Å²) in [7, 11) is -3.43. The maximum atomic E-state index is 12.8. The summed E-state index contributed by atoms with van der Waals surface area (Å²) in [5.41, 5.74) is -0.808. The highest BCUT2D eigenvalue weighted by atomic mass is 35.5. The molecule has 1 saturated heterocycles. The van der Waals surface area contributed by atoms with Gasteiger partial charge in [0.2, 0.25) is 0 Å². The van der Waals surface area contributed by atoms with Crippen molar-refractivity contribution in [3.05, 3.63) is 30.1 Å². The summed E-state index contributed by atoms with van der Waals surface area (Å²) >= 11 is 0. The van der Waals surface area contributed by atoms with Crippen LogP contribution in [0.1, 0.15) is 12.8 Å². The van der Waals surface area contributed by atoms with Gasteiger partial charge in [0, 0.05) is 19.6 Å². The van der Waals surface area contributed by atoms with Crippen molar-refractivity contribution in [2.45, 2.75) is 23.3 Å². The Kier molecular flexibility index (Phi) is 9.57. The van der Waals surface area contributed by atoms with Gasteiger partial charge >= 0.3 is 0 Å². The summed E-state index contributed by atoms with van der Waals surface area (Å²) < 4.78 is 36.9. The Bertz CT molecular complexity index is 564. The number of nitrogens with one attached hydrogen (secondary N) is 2. The molecule has 23 heavy (non-hydrogen) atoms. The molecule has 5 nitrogen and oxygen atoms in total. The van der Waals surface area contributed by atoms with E-state index in [1.807, 2.05) is 0 Å². The third-order valence-electron chi connectivity index (χ3n) is 3.62. The Balaban J connectivity index is 0.00000242. The van der Waals surface area contributed by atoms with Gasteiger partial charge in [-0.2, -0.15) is 0 Å². The molecular weight excluding hydrogens is 366 g/mol. The highest BCUT2D eigenvalue weighted by Gasteiger charge is 2.28. The molecule has 1 unspecified atom stereocenters. The maximum Gasteiger partial charge on any atom is 0.179 e. The van der Waals surface area contributed by atoms with Crippen molar-refractivity contribution in [3.8, 4) is 0 Å². The van der Waals surface area contributed by atoms with Gasteiger partial charge in [-0.3, -0.25) is 0 Å². The Morgan fingerprint density at radius 1 is 1.26 bits per heavy atom. The van der Waals surface area contributed by atoms with E-state index in [-0.39, 0.29) is 42.0 Å². The lowest BCUT2D eigenvalue weighted by atomic mass is 9.94. The summed E-state index contributed by atoms with van der Waals surface area (Å²) in [6.45, 7) is 2.03. The van der Waals surface area contributed by atoms with Crippen molar-refractivity contribution in [2.24, 2.45) is 0 Å². The summed E-state index contributed by atoms with van der Waals surface area (Å²) in [5.74, 6) is -0.540. The van der Waals surface area contributed by atoms with Gasteiger partial charge < -0.3 is 15.7 Å². The zero-order valence-corrected chi connectivity index (χ0v) is 15.1. The van der Waals surface area contributed by atoms with Gasteiger partial charge in [-0.1, -0.05) is 0 Å². The first kappa shape index (κ1) is 22.6. The van der Waals surface area contributed by atoms with E-state index < -0.39 is 21.3 Å². The van der Waals surface area contributed by atoms with Crippen molar-refractivity contribution >= 4 is 34.7 Å². The zero-order valence-electron chi connectivity index (χ0n) is 12.6. The van der Waals surface area contributed by atoms with Crippen LogP contribution < -0.4 is 10.6 Å². The van der Waals surface area contributed by atoms with Gasteiger partial charge in [-0.25, -0.2) is 12.8 Å². The van der Waals surface area contributed by atoms with Gasteiger partial charge in [0.05, 0.1) is 16.2 Å². The van der Waals surface area contributed by atoms with Crippen molar-refractivity contribution in [1.82, 2.24) is 10.6 Å². The highest BCUT2D eigenvalue weighted by molar-refractivity contribution is 7.91. The van der Waals surface area contributed by atoms with Crippen LogP contribution in [0.15, 0.2) is 29.2 Å². The molecule has 0 aromatic heterocycles. The van der Waals surface area contributed by atoms with E-state index >= 15 is 0 Å². The average molecular weight is 389 g/mol. The van der Waals surface area contributed by atoms with Gasteiger partial charge in [0.15, 0.2) is 9.84 Å². The molecule has 1 aromatic carbocycles. The first-order chi connectivity index (χ1) is 9.91. The highest BCUT2D eigenvalue weighted by Crippen LogP contribution is 2.15. The van der Waals surface area contributed by atoms with Gasteiger partial charge in [0.1, 0.15) is 5.82 Å². The Morgan fingerprint density at radius 3 is 2.48 bits per heavy atom. The number of rotatable bonds is 6. The fourth-order valence-electron chi connectivity index (χ4n) is 2.39. The minimum Gasteiger partial charge on any atom is -0.387 e. The molecule has 0 saturated carbocycles. The molecule has 0 bridgehead atoms. The topological polar surface area (TPSA) is 78.4 Å². The van der Waals surface area contributed by atoms with E-state index in [1.54, 1.807) is 0 Å². The summed E-state index contributed by atoms with van der Waals surface area (Å²) in [5, 5.41) is 16.3. The number of β-amino-alcohol motifs (C(OH)–C–C–N with tert-alkyl or cyclic N) is 1. The minimum absolute atomic E-state index is 0. The van der Waals surface area contributed by atoms with Gasteiger partial charge in [-0.05, 0) is 43.7 Å². The molecule has 2 rings (SSSR count). The third kappa shape index (κ3) is 6.91. The van der Waals surface area contributed by atoms with E-state index in [1.165, 1.54) is 12.1 Å². The van der Waals surface area contributed by atoms with Crippen LogP contribution in [0.3, 0.4) is 0 Å². The summed E-state index contributed by atoms with van der Waals surface area (Å²) in [6, 6.07) is 4.81. The molecule has 9 heteroatoms. The molecule has 0 aliphatic carbocycles. The van der Waals surface area contributed by atoms with Crippen molar-refractivity contribution in [1.29, 1.82) is 0 Å². The Hall–Kier alpha value is -0.440. The third-order valence-corrected chi connectivity index (χ3v) is 5.36. The molecule has 1 heterocycles. The molecule has 1 fully saturated rings. The van der Waals surface area contributed by atoms with Crippen LogP contribution in [-0.4, -0.2) is 51.1 Å². The Labute approximate surface area is 148 Å². The number of aliphatic hydroxyl groups is 1. The number of benzene rings is 1. The van der Waals surface area contributed by atoms with Crippen LogP contribution >= 0.6 is 24.8 Å². The van der Waals surface area contributed by atoms with Crippen molar-refractivity contribution in [3.63, 3.8) is 0 Å². The molecule has 1 atom stereocenters. The van der Waals surface area contributed by atoms with Gasteiger partial charge in [0.25, 0.3) is 0 Å². The molecule has 0 radical (unpaired) electrons. The molecular formula is C14H23Cl2FN2O3S. The number of hydrogen-bond acceptors (Lipinski definition) is 5. The second-order valence-corrected chi connectivity index (χ2v) is 7.56. The fourth-order valence-corrected chi connectivity index (χ4v) is 3.59. The lowest BCUT2D eigenvalue weighted by molar-refractivity contribution is 0.0177. The quantitative estimate of drug-likeness (QED) is 0.503. The molecule has 0 amide bonds. The predicted octanol–water partition coefficient (Wildman–Crippen LogP) is 1.15. The second-order valence-electron chi connectivity index (χ2n) is 5.45. The first-order valence-electron chi connectivity index (χ1n) is 7.03. The lowest BCUT2D eigenvalue weighted by Crippen LogP contribution is -2.52. The predicted molar refractivity (Wildman–Crippen MR) is 92.9 cm³/mol. The molecule has 1 aliphatic heterocycles. The normalized spacial score (nSPS) is 21.1. The van der Waals surface area contributed by atoms with Crippen LogP contribution in [0.4, 0.5) is 4.39 Å².